The van der Waals surface area contributed by atoms with Crippen molar-refractivity contribution in [2.24, 2.45) is 0 Å². The number of rotatable bonds is 6. The Balaban J connectivity index is 2.21. The van der Waals surface area contributed by atoms with E-state index in [4.69, 9.17) is 4.74 Å². The van der Waals surface area contributed by atoms with Gasteiger partial charge in [-0.3, -0.25) is 0 Å². The van der Waals surface area contributed by atoms with E-state index in [1.165, 1.54) is 16.7 Å². The van der Waals surface area contributed by atoms with Crippen molar-refractivity contribution in [3.8, 4) is 5.75 Å². The summed E-state index contributed by atoms with van der Waals surface area (Å²) in [5.74, 6) is 0.924. The molecule has 0 aliphatic carbocycles. The van der Waals surface area contributed by atoms with Gasteiger partial charge in [0.05, 0.1) is 12.6 Å². The molecule has 106 valence electrons. The van der Waals surface area contributed by atoms with Crippen molar-refractivity contribution in [1.29, 1.82) is 0 Å². The van der Waals surface area contributed by atoms with E-state index in [1.807, 2.05) is 26.1 Å². The van der Waals surface area contributed by atoms with Gasteiger partial charge < -0.3 is 10.1 Å². The number of benzene rings is 2. The third kappa shape index (κ3) is 3.40. The van der Waals surface area contributed by atoms with Gasteiger partial charge in [-0.05, 0) is 49.2 Å². The molecule has 0 bridgehead atoms. The fourth-order valence-electron chi connectivity index (χ4n) is 2.39. The molecule has 2 aromatic carbocycles. The lowest BCUT2D eigenvalue weighted by atomic mass is 9.97. The van der Waals surface area contributed by atoms with Crippen LogP contribution in [0.15, 0.2) is 48.5 Å². The Hall–Kier alpha value is -1.80. The average molecular weight is 269 g/mol. The van der Waals surface area contributed by atoms with Gasteiger partial charge in [-0.2, -0.15) is 0 Å². The Morgan fingerprint density at radius 3 is 1.90 bits per heavy atom. The summed E-state index contributed by atoms with van der Waals surface area (Å²) in [6.07, 6.45) is 1.08. The number of hydrogen-bond acceptors (Lipinski definition) is 2. The Morgan fingerprint density at radius 1 is 0.900 bits per heavy atom. The average Bonchev–Trinajstić information content (AvgIpc) is 2.51. The van der Waals surface area contributed by atoms with Gasteiger partial charge in [0.2, 0.25) is 0 Å². The maximum Gasteiger partial charge on any atom is 0.119 e. The van der Waals surface area contributed by atoms with E-state index in [1.54, 1.807) is 0 Å². The van der Waals surface area contributed by atoms with Gasteiger partial charge in [0.15, 0.2) is 0 Å². The van der Waals surface area contributed by atoms with E-state index in [0.29, 0.717) is 6.61 Å². The van der Waals surface area contributed by atoms with E-state index >= 15 is 0 Å². The molecule has 1 atom stereocenters. The minimum absolute atomic E-state index is 0.219. The molecule has 2 heteroatoms. The first-order chi connectivity index (χ1) is 9.78. The molecule has 0 fully saturated rings. The van der Waals surface area contributed by atoms with Crippen molar-refractivity contribution in [2.75, 3.05) is 13.7 Å². The van der Waals surface area contributed by atoms with E-state index in [-0.39, 0.29) is 6.04 Å². The van der Waals surface area contributed by atoms with Crippen LogP contribution in [-0.4, -0.2) is 13.7 Å². The first kappa shape index (κ1) is 14.6. The first-order valence-corrected chi connectivity index (χ1v) is 7.27. The summed E-state index contributed by atoms with van der Waals surface area (Å²) in [5, 5.41) is 3.38. The van der Waals surface area contributed by atoms with Crippen molar-refractivity contribution in [2.45, 2.75) is 26.3 Å². The molecule has 20 heavy (non-hydrogen) atoms. The fourth-order valence-corrected chi connectivity index (χ4v) is 2.39. The largest absolute Gasteiger partial charge is 0.494 e. The molecule has 2 rings (SSSR count). The zero-order valence-corrected chi connectivity index (χ0v) is 12.5. The third-order valence-corrected chi connectivity index (χ3v) is 3.53. The molecule has 0 amide bonds. The van der Waals surface area contributed by atoms with Crippen molar-refractivity contribution in [3.05, 3.63) is 65.2 Å². The first-order valence-electron chi connectivity index (χ1n) is 7.27. The molecule has 0 aliphatic rings. The Labute approximate surface area is 121 Å². The Bertz CT molecular complexity index is 516. The smallest absolute Gasteiger partial charge is 0.119 e. The van der Waals surface area contributed by atoms with E-state index in [9.17, 15) is 0 Å². The van der Waals surface area contributed by atoms with Crippen molar-refractivity contribution < 1.29 is 4.74 Å². The zero-order chi connectivity index (χ0) is 14.4. The van der Waals surface area contributed by atoms with Crippen LogP contribution in [0.5, 0.6) is 5.75 Å². The Morgan fingerprint density at radius 2 is 1.45 bits per heavy atom. The Kier molecular flexibility index (Phi) is 5.19. The molecule has 0 aromatic heterocycles. The summed E-state index contributed by atoms with van der Waals surface area (Å²) >= 11 is 0. The molecule has 0 radical (unpaired) electrons. The monoisotopic (exact) mass is 269 g/mol. The van der Waals surface area contributed by atoms with Crippen LogP contribution in [0.1, 0.15) is 36.6 Å². The van der Waals surface area contributed by atoms with Crippen LogP contribution >= 0.6 is 0 Å². The highest BCUT2D eigenvalue weighted by Crippen LogP contribution is 2.24. The van der Waals surface area contributed by atoms with E-state index < -0.39 is 0 Å². The lowest BCUT2D eigenvalue weighted by molar-refractivity contribution is 0.340. The fraction of sp³-hybridized carbons (Fsp3) is 0.333. The summed E-state index contributed by atoms with van der Waals surface area (Å²) < 4.78 is 5.49. The van der Waals surface area contributed by atoms with Crippen molar-refractivity contribution in [1.82, 2.24) is 5.32 Å². The van der Waals surface area contributed by atoms with E-state index in [0.717, 1.165) is 12.2 Å². The number of hydrogen-bond donors (Lipinski definition) is 1. The van der Waals surface area contributed by atoms with Crippen LogP contribution in [0, 0.1) is 0 Å². The van der Waals surface area contributed by atoms with Gasteiger partial charge in [0, 0.05) is 0 Å². The van der Waals surface area contributed by atoms with Crippen LogP contribution < -0.4 is 10.1 Å². The zero-order valence-electron chi connectivity index (χ0n) is 12.5. The molecule has 0 heterocycles. The number of aryl methyl sites for hydroxylation is 1. The van der Waals surface area contributed by atoms with Gasteiger partial charge in [0.25, 0.3) is 0 Å². The second kappa shape index (κ2) is 7.11. The maximum atomic E-state index is 5.49. The molecule has 0 aliphatic heterocycles. The van der Waals surface area contributed by atoms with Gasteiger partial charge in [-0.25, -0.2) is 0 Å². The predicted octanol–water partition coefficient (Wildman–Crippen LogP) is 3.96. The van der Waals surface area contributed by atoms with Crippen LogP contribution in [0.3, 0.4) is 0 Å². The summed E-state index contributed by atoms with van der Waals surface area (Å²) in [7, 11) is 1.99. The van der Waals surface area contributed by atoms with Crippen molar-refractivity contribution >= 4 is 0 Å². The summed E-state index contributed by atoms with van der Waals surface area (Å²) in [4.78, 5) is 0. The molecule has 0 spiro atoms. The van der Waals surface area contributed by atoms with E-state index in [2.05, 4.69) is 48.6 Å². The molecule has 1 unspecified atom stereocenters. The van der Waals surface area contributed by atoms with Gasteiger partial charge in [0.1, 0.15) is 5.75 Å². The molecule has 2 aromatic rings. The quantitative estimate of drug-likeness (QED) is 0.857. The SMILES string of the molecule is CCOc1ccc(C(NC)c2ccc(CC)cc2)cc1. The minimum Gasteiger partial charge on any atom is -0.494 e. The third-order valence-electron chi connectivity index (χ3n) is 3.53. The number of ether oxygens (including phenoxy) is 1. The van der Waals surface area contributed by atoms with Crippen LogP contribution in [0.2, 0.25) is 0 Å². The summed E-state index contributed by atoms with van der Waals surface area (Å²) in [6, 6.07) is 17.3. The van der Waals surface area contributed by atoms with Crippen LogP contribution in [0.25, 0.3) is 0 Å². The molecular formula is C18H23NO. The predicted molar refractivity (Wildman–Crippen MR) is 84.3 cm³/mol. The topological polar surface area (TPSA) is 21.3 Å². The molecule has 2 nitrogen and oxygen atoms in total. The summed E-state index contributed by atoms with van der Waals surface area (Å²) in [6.45, 7) is 4.88. The molecule has 1 N–H and O–H groups in total. The highest BCUT2D eigenvalue weighted by atomic mass is 16.5. The summed E-state index contributed by atoms with van der Waals surface area (Å²) in [5.41, 5.74) is 3.91. The number of nitrogens with one attached hydrogen (secondary N) is 1. The second-order valence-electron chi connectivity index (χ2n) is 4.82. The van der Waals surface area contributed by atoms with Crippen LogP contribution in [-0.2, 0) is 6.42 Å². The minimum atomic E-state index is 0.219. The van der Waals surface area contributed by atoms with Crippen LogP contribution in [0.4, 0.5) is 0 Å². The molecule has 0 saturated carbocycles. The highest BCUT2D eigenvalue weighted by molar-refractivity contribution is 5.36. The standard InChI is InChI=1S/C18H23NO/c1-4-14-6-8-15(9-7-14)18(19-3)16-10-12-17(13-11-16)20-5-2/h6-13,18-19H,4-5H2,1-3H3. The maximum absolute atomic E-state index is 5.49. The lowest BCUT2D eigenvalue weighted by Gasteiger charge is -2.18. The highest BCUT2D eigenvalue weighted by Gasteiger charge is 2.11. The lowest BCUT2D eigenvalue weighted by Crippen LogP contribution is -2.17. The molecular weight excluding hydrogens is 246 g/mol. The van der Waals surface area contributed by atoms with Gasteiger partial charge >= 0.3 is 0 Å². The van der Waals surface area contributed by atoms with Gasteiger partial charge in [-0.1, -0.05) is 43.3 Å². The molecule has 0 saturated heterocycles. The van der Waals surface area contributed by atoms with Crippen molar-refractivity contribution in [3.63, 3.8) is 0 Å². The second-order valence-corrected chi connectivity index (χ2v) is 4.82. The van der Waals surface area contributed by atoms with Gasteiger partial charge in [-0.15, -0.1) is 0 Å². The normalized spacial score (nSPS) is 12.2.